The van der Waals surface area contributed by atoms with E-state index in [1.54, 1.807) is 31.3 Å². The van der Waals surface area contributed by atoms with Crippen LogP contribution in [-0.4, -0.2) is 56.2 Å². The summed E-state index contributed by atoms with van der Waals surface area (Å²) in [7, 11) is 4.49. The zero-order chi connectivity index (χ0) is 30.6. The van der Waals surface area contributed by atoms with Crippen LogP contribution in [0, 0.1) is 17.3 Å². The predicted octanol–water partition coefficient (Wildman–Crippen LogP) is 4.78. The third kappa shape index (κ3) is 6.13. The molecule has 0 aromatic heterocycles. The highest BCUT2D eigenvalue weighted by Gasteiger charge is 2.60. The third-order valence-corrected chi connectivity index (χ3v) is 9.28. The van der Waals surface area contributed by atoms with Crippen LogP contribution < -0.4 is 14.8 Å². The summed E-state index contributed by atoms with van der Waals surface area (Å²) in [5, 5.41) is 2.94. The summed E-state index contributed by atoms with van der Waals surface area (Å²) < 4.78 is 22.6. The van der Waals surface area contributed by atoms with Crippen LogP contribution >= 0.6 is 0 Å². The van der Waals surface area contributed by atoms with Gasteiger partial charge in [-0.15, -0.1) is 0 Å². The lowest BCUT2D eigenvalue weighted by Gasteiger charge is -2.52. The quantitative estimate of drug-likeness (QED) is 0.397. The molecule has 9 heteroatoms. The minimum atomic E-state index is -1.21. The molecule has 3 aliphatic rings. The van der Waals surface area contributed by atoms with Crippen molar-refractivity contribution in [1.82, 2.24) is 10.2 Å². The average molecular weight is 591 g/mol. The van der Waals surface area contributed by atoms with Crippen molar-refractivity contribution < 1.29 is 33.3 Å². The van der Waals surface area contributed by atoms with E-state index in [1.807, 2.05) is 49.4 Å². The molecule has 2 aromatic rings. The van der Waals surface area contributed by atoms with E-state index in [1.165, 1.54) is 7.11 Å². The van der Waals surface area contributed by atoms with E-state index in [0.29, 0.717) is 23.1 Å². The Balaban J connectivity index is 1.43. The second kappa shape index (κ2) is 13.2. The highest BCUT2D eigenvalue weighted by atomic mass is 16.5. The summed E-state index contributed by atoms with van der Waals surface area (Å²) in [6, 6.07) is 15.1. The molecule has 4 atom stereocenters. The smallest absolute Gasteiger partial charge is 0.320 e. The van der Waals surface area contributed by atoms with Crippen molar-refractivity contribution in [3.8, 4) is 11.5 Å². The first-order chi connectivity index (χ1) is 20.8. The van der Waals surface area contributed by atoms with E-state index >= 15 is 0 Å². The van der Waals surface area contributed by atoms with Crippen molar-refractivity contribution in [2.24, 2.45) is 17.3 Å². The van der Waals surface area contributed by atoms with Gasteiger partial charge in [0.1, 0.15) is 5.41 Å². The molecule has 0 spiro atoms. The molecule has 230 valence electrons. The van der Waals surface area contributed by atoms with Crippen molar-refractivity contribution in [1.29, 1.82) is 0 Å². The lowest BCUT2D eigenvalue weighted by molar-refractivity contribution is -0.178. The molecule has 9 nitrogen and oxygen atoms in total. The number of hydrogen-bond donors (Lipinski definition) is 1. The SMILES string of the molecule is COC(=O)[C@]12C[C@H](CC(=O)NCc3ccc(OC)c(OC)c3)C(=O)N(Cc3ccccc3)C1=C[C@H](C1CCCC1)O[C@@H]2C. The first-order valence-electron chi connectivity index (χ1n) is 15.1. The standard InChI is InChI=1S/C34H42N2O7/c1-22-34(33(39)42-4)19-26(17-31(37)35-20-24-14-15-27(40-2)29(16-24)41-3)32(38)36(21-23-10-6-5-7-11-23)30(34)18-28(43-22)25-12-8-9-13-25/h5-7,10-11,14-16,18,22,25-26,28H,8-9,12-13,17,19-21H2,1-4H3,(H,35,37)/t22-,26+,28-,34+/m1/s1. The number of nitrogens with one attached hydrogen (secondary N) is 1. The number of carbonyl (C=O) groups excluding carboxylic acids is 3. The highest BCUT2D eigenvalue weighted by molar-refractivity contribution is 5.92. The number of likely N-dealkylation sites (tertiary alicyclic amines) is 1. The Morgan fingerprint density at radius 1 is 1.00 bits per heavy atom. The lowest BCUT2D eigenvalue weighted by Crippen LogP contribution is -2.60. The number of carbonyl (C=O) groups is 3. The normalized spacial score (nSPS) is 25.5. The molecule has 0 unspecified atom stereocenters. The van der Waals surface area contributed by atoms with Gasteiger partial charge in [0.15, 0.2) is 11.5 Å². The second-order valence-electron chi connectivity index (χ2n) is 11.8. The monoisotopic (exact) mass is 590 g/mol. The van der Waals surface area contributed by atoms with Gasteiger partial charge in [-0.3, -0.25) is 14.4 Å². The Bertz CT molecular complexity index is 1350. The van der Waals surface area contributed by atoms with Crippen molar-refractivity contribution in [2.75, 3.05) is 21.3 Å². The summed E-state index contributed by atoms with van der Waals surface area (Å²) in [5.41, 5.74) is 1.20. The molecule has 0 radical (unpaired) electrons. The van der Waals surface area contributed by atoms with Gasteiger partial charge in [0, 0.05) is 24.6 Å². The molecule has 1 saturated carbocycles. The molecule has 2 aliphatic heterocycles. The molecule has 5 rings (SSSR count). The first kappa shape index (κ1) is 30.6. The molecule has 1 saturated heterocycles. The van der Waals surface area contributed by atoms with Gasteiger partial charge in [0.2, 0.25) is 11.8 Å². The van der Waals surface area contributed by atoms with E-state index in [2.05, 4.69) is 5.32 Å². The van der Waals surface area contributed by atoms with Crippen molar-refractivity contribution in [2.45, 2.75) is 70.7 Å². The topological polar surface area (TPSA) is 103 Å². The molecule has 1 N–H and O–H groups in total. The van der Waals surface area contributed by atoms with E-state index < -0.39 is 23.4 Å². The fourth-order valence-electron chi connectivity index (χ4n) is 6.96. The molecular formula is C34H42N2O7. The summed E-state index contributed by atoms with van der Waals surface area (Å²) in [6.45, 7) is 2.44. The maximum Gasteiger partial charge on any atom is 0.320 e. The largest absolute Gasteiger partial charge is 0.493 e. The number of rotatable bonds is 10. The van der Waals surface area contributed by atoms with Crippen LogP contribution in [0.1, 0.15) is 56.6 Å². The predicted molar refractivity (Wildman–Crippen MR) is 160 cm³/mol. The van der Waals surface area contributed by atoms with Crippen molar-refractivity contribution in [3.63, 3.8) is 0 Å². The lowest BCUT2D eigenvalue weighted by atomic mass is 9.66. The number of methoxy groups -OCH3 is 3. The second-order valence-corrected chi connectivity index (χ2v) is 11.8. The Morgan fingerprint density at radius 3 is 2.40 bits per heavy atom. The molecule has 1 aliphatic carbocycles. The van der Waals surface area contributed by atoms with Gasteiger partial charge in [-0.05, 0) is 61.4 Å². The minimum absolute atomic E-state index is 0.0673. The summed E-state index contributed by atoms with van der Waals surface area (Å²) in [5.74, 6) is -0.130. The maximum absolute atomic E-state index is 14.2. The van der Waals surface area contributed by atoms with E-state index in [9.17, 15) is 14.4 Å². The molecular weight excluding hydrogens is 548 g/mol. The molecule has 2 amide bonds. The van der Waals surface area contributed by atoms with Crippen LogP contribution in [0.5, 0.6) is 11.5 Å². The zero-order valence-corrected chi connectivity index (χ0v) is 25.5. The number of amides is 2. The number of esters is 1. The van der Waals surface area contributed by atoms with Crippen LogP contribution in [0.25, 0.3) is 0 Å². The maximum atomic E-state index is 14.2. The Labute approximate surface area is 253 Å². The zero-order valence-electron chi connectivity index (χ0n) is 25.5. The van der Waals surface area contributed by atoms with E-state index in [0.717, 1.165) is 36.8 Å². The van der Waals surface area contributed by atoms with E-state index in [4.69, 9.17) is 18.9 Å². The van der Waals surface area contributed by atoms with E-state index in [-0.39, 0.29) is 43.8 Å². The number of hydrogen-bond acceptors (Lipinski definition) is 7. The van der Waals surface area contributed by atoms with Gasteiger partial charge in [-0.25, -0.2) is 0 Å². The summed E-state index contributed by atoms with van der Waals surface area (Å²) in [6.07, 6.45) is 5.77. The van der Waals surface area contributed by atoms with Crippen molar-refractivity contribution >= 4 is 17.8 Å². The number of nitrogens with zero attached hydrogens (tertiary/aromatic N) is 1. The minimum Gasteiger partial charge on any atom is -0.493 e. The highest BCUT2D eigenvalue weighted by Crippen LogP contribution is 2.52. The number of fused-ring (bicyclic) bond motifs is 1. The van der Waals surface area contributed by atoms with Crippen LogP contribution in [-0.2, 0) is 36.9 Å². The molecule has 0 bridgehead atoms. The molecule has 43 heavy (non-hydrogen) atoms. The van der Waals surface area contributed by atoms with Gasteiger partial charge in [0.05, 0.1) is 40.1 Å². The molecule has 2 aromatic carbocycles. The van der Waals surface area contributed by atoms with Gasteiger partial charge in [-0.1, -0.05) is 49.2 Å². The number of benzene rings is 2. The van der Waals surface area contributed by atoms with Crippen molar-refractivity contribution in [3.05, 3.63) is 71.4 Å². The first-order valence-corrected chi connectivity index (χ1v) is 15.1. The van der Waals surface area contributed by atoms with Crippen LogP contribution in [0.3, 0.4) is 0 Å². The summed E-state index contributed by atoms with van der Waals surface area (Å²) >= 11 is 0. The number of ether oxygens (including phenoxy) is 4. The molecule has 2 fully saturated rings. The van der Waals surface area contributed by atoms with Gasteiger partial charge in [-0.2, -0.15) is 0 Å². The van der Waals surface area contributed by atoms with Crippen LogP contribution in [0.4, 0.5) is 0 Å². The Morgan fingerprint density at radius 2 is 1.72 bits per heavy atom. The summed E-state index contributed by atoms with van der Waals surface area (Å²) in [4.78, 5) is 42.9. The fourth-order valence-corrected chi connectivity index (χ4v) is 6.96. The van der Waals surface area contributed by atoms with Gasteiger partial charge >= 0.3 is 5.97 Å². The van der Waals surface area contributed by atoms with Gasteiger partial charge in [0.25, 0.3) is 0 Å². The molecule has 2 heterocycles. The van der Waals surface area contributed by atoms with Crippen LogP contribution in [0.15, 0.2) is 60.3 Å². The Hall–Kier alpha value is -3.85. The fraction of sp³-hybridized carbons (Fsp3) is 0.500. The average Bonchev–Trinajstić information content (AvgIpc) is 3.57. The Kier molecular flexibility index (Phi) is 9.40. The number of piperidine rings is 1. The third-order valence-electron chi connectivity index (χ3n) is 9.28. The van der Waals surface area contributed by atoms with Crippen LogP contribution in [0.2, 0.25) is 0 Å². The van der Waals surface area contributed by atoms with Gasteiger partial charge < -0.3 is 29.2 Å².